The van der Waals surface area contributed by atoms with E-state index in [2.05, 4.69) is 20.7 Å². The number of methoxy groups -OCH3 is 1. The minimum atomic E-state index is -4.97. The third-order valence-electron chi connectivity index (χ3n) is 7.38. The van der Waals surface area contributed by atoms with Crippen LogP contribution in [0.5, 0.6) is 5.75 Å². The molecule has 48 heavy (non-hydrogen) atoms. The van der Waals surface area contributed by atoms with E-state index in [4.69, 9.17) is 4.74 Å². The number of hydrogen-bond acceptors (Lipinski definition) is 8. The fourth-order valence-corrected chi connectivity index (χ4v) is 5.32. The molecule has 1 aromatic heterocycles. The Hall–Kier alpha value is -5.26. The van der Waals surface area contributed by atoms with Crippen LogP contribution >= 0.6 is 0 Å². The van der Waals surface area contributed by atoms with Crippen LogP contribution in [0.4, 0.5) is 43.9 Å². The molecule has 254 valence electrons. The first-order valence-corrected chi connectivity index (χ1v) is 14.2. The van der Waals surface area contributed by atoms with Crippen molar-refractivity contribution in [2.75, 3.05) is 43.4 Å². The molecule has 12 nitrogen and oxygen atoms in total. The van der Waals surface area contributed by atoms with E-state index in [9.17, 15) is 27.9 Å². The van der Waals surface area contributed by atoms with Crippen LogP contribution in [0.15, 0.2) is 60.7 Å². The number of ether oxygens (including phenoxy) is 1. The first kappa shape index (κ1) is 34.1. The number of aliphatic hydroxyl groups is 1. The summed E-state index contributed by atoms with van der Waals surface area (Å²) in [5.41, 5.74) is 0.269. The number of halogens is 5. The number of aliphatic hydroxyl groups excluding tert-OH is 1. The van der Waals surface area contributed by atoms with Gasteiger partial charge in [-0.1, -0.05) is 12.1 Å². The molecular formula is C31H30F5N7O5. The lowest BCUT2D eigenvalue weighted by Gasteiger charge is -2.40. The van der Waals surface area contributed by atoms with Gasteiger partial charge in [-0.3, -0.25) is 14.5 Å². The van der Waals surface area contributed by atoms with Gasteiger partial charge in [-0.05, 0) is 62.6 Å². The van der Waals surface area contributed by atoms with Crippen molar-refractivity contribution < 1.29 is 46.2 Å². The van der Waals surface area contributed by atoms with E-state index >= 15 is 8.78 Å². The summed E-state index contributed by atoms with van der Waals surface area (Å²) < 4.78 is 79.4. The van der Waals surface area contributed by atoms with Gasteiger partial charge in [-0.2, -0.15) is 13.2 Å². The number of carbonyl (C=O) groups excluding carboxylic acids is 2. The summed E-state index contributed by atoms with van der Waals surface area (Å²) in [6.07, 6.45) is -7.12. The van der Waals surface area contributed by atoms with Crippen LogP contribution in [0.2, 0.25) is 0 Å². The van der Waals surface area contributed by atoms with Crippen molar-refractivity contribution in [2.45, 2.75) is 25.6 Å². The molecule has 0 saturated heterocycles. The molecule has 0 bridgehead atoms. The lowest BCUT2D eigenvalue weighted by molar-refractivity contribution is -0.138. The van der Waals surface area contributed by atoms with Crippen molar-refractivity contribution in [1.29, 1.82) is 0 Å². The van der Waals surface area contributed by atoms with Gasteiger partial charge in [0, 0.05) is 17.8 Å². The van der Waals surface area contributed by atoms with E-state index in [1.54, 1.807) is 31.1 Å². The van der Waals surface area contributed by atoms with Crippen molar-refractivity contribution >= 4 is 29.1 Å². The second-order valence-corrected chi connectivity index (χ2v) is 10.8. The number of hydroxylamine groups is 1. The molecule has 2 heterocycles. The number of hydrogen-bond donors (Lipinski definition) is 3. The van der Waals surface area contributed by atoms with Gasteiger partial charge in [0.1, 0.15) is 11.4 Å². The molecule has 0 radical (unpaired) electrons. The highest BCUT2D eigenvalue weighted by Crippen LogP contribution is 2.41. The number of aromatic nitrogens is 2. The lowest BCUT2D eigenvalue weighted by Crippen LogP contribution is -2.56. The fraction of sp³-hybridized carbons (Fsp3) is 0.258. The Labute approximate surface area is 270 Å². The van der Waals surface area contributed by atoms with Crippen LogP contribution in [-0.2, 0) is 24.1 Å². The number of nitrogens with zero attached hydrogens (tertiary/aromatic N) is 5. The summed E-state index contributed by atoms with van der Waals surface area (Å²) in [6.45, 7) is -0.878. The number of carbonyl (C=O) groups is 2. The number of fused-ring (bicyclic) bond motifs is 1. The molecule has 0 fully saturated rings. The van der Waals surface area contributed by atoms with Crippen LogP contribution in [0.25, 0.3) is 5.69 Å². The van der Waals surface area contributed by atoms with Crippen molar-refractivity contribution in [3.8, 4) is 11.4 Å². The zero-order valence-corrected chi connectivity index (χ0v) is 26.0. The molecule has 0 aliphatic carbocycles. The molecule has 1 unspecified atom stereocenters. The third-order valence-corrected chi connectivity index (χ3v) is 7.38. The molecule has 0 spiro atoms. The summed E-state index contributed by atoms with van der Waals surface area (Å²) in [7, 11) is 5.84. The maximum atomic E-state index is 15.6. The largest absolute Gasteiger partial charge is 0.494 e. The first-order valence-electron chi connectivity index (χ1n) is 14.2. The second kappa shape index (κ2) is 13.5. The molecule has 3 amide bonds. The molecule has 4 aromatic rings. The van der Waals surface area contributed by atoms with E-state index in [-0.39, 0.29) is 29.4 Å². The number of anilines is 3. The number of nitrogens with one attached hydrogen (secondary N) is 2. The van der Waals surface area contributed by atoms with Crippen molar-refractivity contribution in [3.63, 3.8) is 0 Å². The van der Waals surface area contributed by atoms with E-state index in [0.29, 0.717) is 22.3 Å². The van der Waals surface area contributed by atoms with Gasteiger partial charge < -0.3 is 25.0 Å². The van der Waals surface area contributed by atoms with Crippen LogP contribution < -0.4 is 25.3 Å². The van der Waals surface area contributed by atoms with Gasteiger partial charge in [0.25, 0.3) is 5.91 Å². The van der Waals surface area contributed by atoms with Gasteiger partial charge in [-0.25, -0.2) is 23.7 Å². The summed E-state index contributed by atoms with van der Waals surface area (Å²) in [4.78, 5) is 34.0. The van der Waals surface area contributed by atoms with E-state index < -0.39 is 59.5 Å². The summed E-state index contributed by atoms with van der Waals surface area (Å²) >= 11 is 0. The number of amides is 3. The van der Waals surface area contributed by atoms with Gasteiger partial charge in [0.2, 0.25) is 6.35 Å². The molecule has 3 aromatic carbocycles. The SMILES string of the molecule is CONC(=O)Nc1ccc(-n2nc3c(c2CN(C)C)C(=O)N(c2cccc(OC)c2F)C(O)N3Cc2c(F)cccc2C(F)(F)F)cc1. The highest BCUT2D eigenvalue weighted by molar-refractivity contribution is 6.12. The second-order valence-electron chi connectivity index (χ2n) is 10.8. The Bertz CT molecular complexity index is 1830. The number of benzene rings is 3. The molecule has 5 rings (SSSR count). The Morgan fingerprint density at radius 2 is 1.73 bits per heavy atom. The minimum absolute atomic E-state index is 0.0379. The van der Waals surface area contributed by atoms with Crippen LogP contribution in [0.3, 0.4) is 0 Å². The summed E-state index contributed by atoms with van der Waals surface area (Å²) in [5, 5.41) is 18.7. The summed E-state index contributed by atoms with van der Waals surface area (Å²) in [5.74, 6) is -3.72. The van der Waals surface area contributed by atoms with Crippen molar-refractivity contribution in [2.24, 2.45) is 0 Å². The van der Waals surface area contributed by atoms with Crippen LogP contribution in [-0.4, -0.2) is 66.4 Å². The standard InChI is InChI=1S/C31H30F5N7O5/c1-40(2)16-23-25-27(38-43(23)18-13-11-17(12-14-18)37-29(45)39-48-4)41(15-19-20(31(34,35)36)7-5-8-21(19)32)30(46)42(28(25)44)22-9-6-10-24(47-3)26(22)33/h5-14,30,46H,15-16H2,1-4H3,(H2,37,39,45). The molecule has 1 aliphatic rings. The van der Waals surface area contributed by atoms with Gasteiger partial charge in [0.05, 0.1) is 43.4 Å². The van der Waals surface area contributed by atoms with Crippen LogP contribution in [0, 0.1) is 11.6 Å². The molecular weight excluding hydrogens is 645 g/mol. The minimum Gasteiger partial charge on any atom is -0.494 e. The highest BCUT2D eigenvalue weighted by Gasteiger charge is 2.45. The average Bonchev–Trinajstić information content (AvgIpc) is 3.39. The normalized spacial score (nSPS) is 14.7. The number of rotatable bonds is 9. The zero-order chi connectivity index (χ0) is 34.9. The Morgan fingerprint density at radius 3 is 2.35 bits per heavy atom. The molecule has 17 heteroatoms. The van der Waals surface area contributed by atoms with Gasteiger partial charge in [-0.15, -0.1) is 5.10 Å². The van der Waals surface area contributed by atoms with E-state index in [0.717, 1.165) is 17.0 Å². The molecule has 0 saturated carbocycles. The monoisotopic (exact) mass is 675 g/mol. The lowest BCUT2D eigenvalue weighted by atomic mass is 10.0. The highest BCUT2D eigenvalue weighted by atomic mass is 19.4. The topological polar surface area (TPSA) is 124 Å². The fourth-order valence-electron chi connectivity index (χ4n) is 5.32. The Balaban J connectivity index is 1.72. The molecule has 1 aliphatic heterocycles. The smallest absolute Gasteiger partial charge is 0.416 e. The predicted octanol–water partition coefficient (Wildman–Crippen LogP) is 4.87. The van der Waals surface area contributed by atoms with E-state index in [1.165, 1.54) is 49.2 Å². The first-order chi connectivity index (χ1) is 22.8. The van der Waals surface area contributed by atoms with Gasteiger partial charge in [0.15, 0.2) is 17.4 Å². The zero-order valence-electron chi connectivity index (χ0n) is 26.0. The molecule has 1 atom stereocenters. The van der Waals surface area contributed by atoms with Crippen LogP contribution in [0.1, 0.15) is 27.2 Å². The van der Waals surface area contributed by atoms with Crippen molar-refractivity contribution in [3.05, 3.63) is 94.7 Å². The Morgan fingerprint density at radius 1 is 1.04 bits per heavy atom. The average molecular weight is 676 g/mol. The third kappa shape index (κ3) is 6.47. The number of urea groups is 1. The Kier molecular flexibility index (Phi) is 9.56. The maximum Gasteiger partial charge on any atom is 0.416 e. The van der Waals surface area contributed by atoms with E-state index in [1.807, 2.05) is 0 Å². The van der Waals surface area contributed by atoms with Gasteiger partial charge >= 0.3 is 12.2 Å². The number of alkyl halides is 3. The predicted molar refractivity (Wildman–Crippen MR) is 163 cm³/mol. The summed E-state index contributed by atoms with van der Waals surface area (Å²) in [6, 6.07) is 11.7. The molecule has 3 N–H and O–H groups in total. The van der Waals surface area contributed by atoms with Crippen molar-refractivity contribution in [1.82, 2.24) is 20.2 Å². The quantitative estimate of drug-likeness (QED) is 0.170. The maximum absolute atomic E-state index is 15.6.